The van der Waals surface area contributed by atoms with Crippen LogP contribution in [0.1, 0.15) is 12.5 Å². The Balaban J connectivity index is 1.19. The van der Waals surface area contributed by atoms with Crippen LogP contribution in [0.5, 0.6) is 0 Å². The van der Waals surface area contributed by atoms with E-state index >= 15 is 8.78 Å². The van der Waals surface area contributed by atoms with Crippen molar-refractivity contribution < 1.29 is 42.4 Å². The molecule has 42 heavy (non-hydrogen) atoms. The maximum atomic E-state index is 15.3. The Hall–Kier alpha value is -3.27. The molecule has 2 saturated heterocycles. The number of imidazole rings is 2. The van der Waals surface area contributed by atoms with Gasteiger partial charge in [0.1, 0.15) is 36.3 Å². The van der Waals surface area contributed by atoms with E-state index in [0.717, 1.165) is 17.2 Å². The summed E-state index contributed by atoms with van der Waals surface area (Å²) in [5.74, 6) is -0.195. The molecule has 0 spiro atoms. The van der Waals surface area contributed by atoms with E-state index in [2.05, 4.69) is 29.9 Å². The molecule has 0 radical (unpaired) electrons. The summed E-state index contributed by atoms with van der Waals surface area (Å²) in [6.45, 7) is -5.77. The number of hydrogen-bond acceptors (Lipinski definition) is 15. The van der Waals surface area contributed by atoms with E-state index < -0.39 is 74.7 Å². The van der Waals surface area contributed by atoms with Crippen molar-refractivity contribution >= 4 is 52.6 Å². The van der Waals surface area contributed by atoms with Gasteiger partial charge in [-0.3, -0.25) is 23.4 Å². The average molecular weight is 633 g/mol. The molecule has 2 aliphatic rings. The van der Waals surface area contributed by atoms with Gasteiger partial charge >= 0.3 is 6.72 Å². The second kappa shape index (κ2) is 10.8. The third-order valence-corrected chi connectivity index (χ3v) is 8.34. The van der Waals surface area contributed by atoms with E-state index in [1.165, 1.54) is 10.9 Å². The molecule has 0 bridgehead atoms. The Morgan fingerprint density at radius 3 is 2.48 bits per heavy atom. The summed E-state index contributed by atoms with van der Waals surface area (Å²) in [6.07, 6.45) is -9.52. The molecule has 6 rings (SSSR count). The molecule has 2 fully saturated rings. The highest BCUT2D eigenvalue weighted by Crippen LogP contribution is 2.51. The number of anilines is 2. The Labute approximate surface area is 237 Å². The van der Waals surface area contributed by atoms with E-state index in [9.17, 15) is 19.9 Å². The van der Waals surface area contributed by atoms with Crippen molar-refractivity contribution in [1.29, 1.82) is 0 Å². The number of nitrogens with one attached hydrogen (secondary N) is 1. The molecule has 18 nitrogen and oxygen atoms in total. The average Bonchev–Trinajstić information content (AvgIpc) is 3.69. The molecule has 6 heterocycles. The first-order chi connectivity index (χ1) is 20.0. The lowest BCUT2D eigenvalue weighted by Crippen LogP contribution is -2.33. The molecule has 0 saturated carbocycles. The lowest BCUT2D eigenvalue weighted by molar-refractivity contribution is -0.0553. The predicted molar refractivity (Wildman–Crippen MR) is 140 cm³/mol. The van der Waals surface area contributed by atoms with Gasteiger partial charge in [0.05, 0.1) is 25.9 Å². The Kier molecular flexibility index (Phi) is 7.40. The van der Waals surface area contributed by atoms with Crippen molar-refractivity contribution in [1.82, 2.24) is 39.0 Å². The zero-order valence-electron chi connectivity index (χ0n) is 21.0. The summed E-state index contributed by atoms with van der Waals surface area (Å²) in [5, 5.41) is 20.1. The molecule has 0 aliphatic carbocycles. The van der Waals surface area contributed by atoms with Crippen molar-refractivity contribution in [3.63, 3.8) is 0 Å². The van der Waals surface area contributed by atoms with Crippen LogP contribution in [0.25, 0.3) is 22.3 Å². The number of aliphatic hydroxyl groups excluding tert-OH is 2. The van der Waals surface area contributed by atoms with Gasteiger partial charge in [-0.1, -0.05) is 0 Å². The van der Waals surface area contributed by atoms with Gasteiger partial charge in [-0.2, -0.15) is 4.98 Å². The summed E-state index contributed by atoms with van der Waals surface area (Å²) in [6, 6.07) is 0. The van der Waals surface area contributed by atoms with Crippen LogP contribution in [0.3, 0.4) is 0 Å². The minimum atomic E-state index is -4.34. The van der Waals surface area contributed by atoms with Crippen molar-refractivity contribution in [2.45, 2.75) is 49.2 Å². The normalized spacial score (nSPS) is 31.3. The highest BCUT2D eigenvalue weighted by molar-refractivity contribution is 8.07. The summed E-state index contributed by atoms with van der Waals surface area (Å²) in [5.41, 5.74) is 10.8. The van der Waals surface area contributed by atoms with Crippen LogP contribution in [-0.4, -0.2) is 104 Å². The smallest absolute Gasteiger partial charge is 0.325 e. The van der Waals surface area contributed by atoms with Crippen molar-refractivity contribution in [2.75, 3.05) is 24.7 Å². The maximum absolute atomic E-state index is 15.3. The first kappa shape index (κ1) is 28.8. The Morgan fingerprint density at radius 1 is 1.05 bits per heavy atom. The van der Waals surface area contributed by atoms with Crippen LogP contribution in [0.2, 0.25) is 0 Å². The molecule has 8 N–H and O–H groups in total. The van der Waals surface area contributed by atoms with Crippen LogP contribution >= 0.6 is 6.72 Å². The lowest BCUT2D eigenvalue weighted by atomic mass is 10.1. The number of nitrogen functional groups attached to an aromatic ring is 2. The minimum absolute atomic E-state index is 0.0595. The summed E-state index contributed by atoms with van der Waals surface area (Å²) in [4.78, 5) is 45.1. The number of aromatic nitrogens is 8. The predicted octanol–water partition coefficient (Wildman–Crippen LogP) is -1.43. The highest BCUT2D eigenvalue weighted by Gasteiger charge is 2.51. The number of halogens is 2. The molecule has 2 aliphatic heterocycles. The zero-order chi connectivity index (χ0) is 29.9. The van der Waals surface area contributed by atoms with Crippen LogP contribution in [-0.2, 0) is 30.3 Å². The highest BCUT2D eigenvalue weighted by atomic mass is 32.5. The first-order valence-electron chi connectivity index (χ1n) is 12.2. The number of fused-ring (bicyclic) bond motifs is 2. The third kappa shape index (κ3) is 4.91. The number of aliphatic hydroxyl groups is 2. The zero-order valence-corrected chi connectivity index (χ0v) is 22.8. The number of H-pyrrole nitrogens is 1. The fourth-order valence-electron chi connectivity index (χ4n) is 4.78. The fourth-order valence-corrected chi connectivity index (χ4v) is 6.19. The number of nitrogens with two attached hydrogens (primary N) is 2. The van der Waals surface area contributed by atoms with Gasteiger partial charge in [0.2, 0.25) is 5.95 Å². The SMILES string of the molecule is Nc1nc2c(ncn2[C@@H]2O[C@H](CO)[C@@H](F)[C@H]2OP(O)(=S)OC[C@H]2O[C@@H](n3cnc4c(N)ncnc43)C(F)[C@@H]2O)c(=O)[nH]1. The van der Waals surface area contributed by atoms with E-state index in [1.807, 2.05) is 0 Å². The van der Waals surface area contributed by atoms with Crippen molar-refractivity contribution in [2.24, 2.45) is 0 Å². The van der Waals surface area contributed by atoms with Gasteiger partial charge < -0.3 is 40.6 Å². The van der Waals surface area contributed by atoms with Crippen molar-refractivity contribution in [3.8, 4) is 0 Å². The van der Waals surface area contributed by atoms with Gasteiger partial charge in [-0.25, -0.2) is 28.7 Å². The quantitative estimate of drug-likeness (QED) is 0.122. The molecule has 226 valence electrons. The van der Waals surface area contributed by atoms with E-state index in [0.29, 0.717) is 0 Å². The molecule has 9 atom stereocenters. The Morgan fingerprint density at radius 2 is 1.74 bits per heavy atom. The van der Waals surface area contributed by atoms with Crippen LogP contribution in [0.15, 0.2) is 23.8 Å². The largest absolute Gasteiger partial charge is 0.394 e. The second-order valence-electron chi connectivity index (χ2n) is 9.38. The van der Waals surface area contributed by atoms with E-state index in [1.54, 1.807) is 0 Å². The summed E-state index contributed by atoms with van der Waals surface area (Å²) < 4.78 is 54.7. The maximum Gasteiger partial charge on any atom is 0.325 e. The molecule has 0 aromatic carbocycles. The van der Waals surface area contributed by atoms with Crippen LogP contribution in [0.4, 0.5) is 20.5 Å². The van der Waals surface area contributed by atoms with E-state index in [-0.39, 0.29) is 34.1 Å². The summed E-state index contributed by atoms with van der Waals surface area (Å²) >= 11 is 5.06. The minimum Gasteiger partial charge on any atom is -0.394 e. The van der Waals surface area contributed by atoms with Gasteiger partial charge in [0.25, 0.3) is 5.56 Å². The number of ether oxygens (including phenoxy) is 2. The molecule has 0 amide bonds. The molecule has 4 aromatic rings. The molecular formula is C20H23F2N10O8PS. The van der Waals surface area contributed by atoms with Gasteiger partial charge in [-0.05, 0) is 11.8 Å². The first-order valence-corrected chi connectivity index (χ1v) is 14.8. The standard InChI is InChI=1S/C20H23F2N10O8PS/c21-8-6(1-33)38-19(32-5-28-11-16(32)29-20(24)30-17(11)35)13(8)40-41(36,42)37-2-7-12(34)9(22)18(39-7)31-4-27-10-14(23)25-3-26-15(10)31/h3-9,12-13,18-19,33-34H,1-2H2,(H,36,42)(H2,23,25,26)(H3,24,29,30,35)/t6-,7-,8-,9?,12-,13-,18-,19-,41?/m1/s1. The van der Waals surface area contributed by atoms with E-state index in [4.69, 9.17) is 41.8 Å². The summed E-state index contributed by atoms with van der Waals surface area (Å²) in [7, 11) is 0. The number of rotatable bonds is 8. The molecular weight excluding hydrogens is 609 g/mol. The monoisotopic (exact) mass is 632 g/mol. The van der Waals surface area contributed by atoms with Gasteiger partial charge in [0.15, 0.2) is 47.4 Å². The van der Waals surface area contributed by atoms with Gasteiger partial charge in [-0.15, -0.1) is 0 Å². The fraction of sp³-hybridized carbons (Fsp3) is 0.500. The molecule has 2 unspecified atom stereocenters. The number of aromatic amines is 1. The van der Waals surface area contributed by atoms with Crippen LogP contribution in [0, 0.1) is 0 Å². The lowest BCUT2D eigenvalue weighted by Gasteiger charge is -2.26. The Bertz CT molecular complexity index is 1740. The number of nitrogens with zero attached hydrogens (tertiary/aromatic N) is 7. The second-order valence-corrected chi connectivity index (χ2v) is 12.2. The number of hydrogen-bond donors (Lipinski definition) is 6. The molecule has 4 aromatic heterocycles. The molecule has 22 heteroatoms. The van der Waals surface area contributed by atoms with Crippen molar-refractivity contribution in [3.05, 3.63) is 29.3 Å². The van der Waals surface area contributed by atoms with Crippen LogP contribution < -0.4 is 17.0 Å². The van der Waals surface area contributed by atoms with Gasteiger partial charge in [0, 0.05) is 0 Å². The topological polar surface area (TPSA) is 257 Å². The number of alkyl halides is 2. The third-order valence-electron chi connectivity index (χ3n) is 6.78.